The van der Waals surface area contributed by atoms with Crippen LogP contribution in [0.2, 0.25) is 0 Å². The van der Waals surface area contributed by atoms with Gasteiger partial charge in [0.1, 0.15) is 11.6 Å². The van der Waals surface area contributed by atoms with Gasteiger partial charge in [-0.15, -0.1) is 0 Å². The van der Waals surface area contributed by atoms with Crippen molar-refractivity contribution < 1.29 is 27.4 Å². The van der Waals surface area contributed by atoms with Crippen molar-refractivity contribution in [1.82, 2.24) is 15.0 Å². The molecule has 1 aliphatic carbocycles. The average molecular weight is 535 g/mol. The first-order chi connectivity index (χ1) is 17.7. The van der Waals surface area contributed by atoms with Crippen LogP contribution in [-0.2, 0) is 30.7 Å². The largest absolute Gasteiger partial charge is 0.497 e. The minimum absolute atomic E-state index is 0.00746. The number of carbonyl (C=O) groups is 1. The molecule has 1 saturated heterocycles. The van der Waals surface area contributed by atoms with E-state index in [-0.39, 0.29) is 48.5 Å². The highest BCUT2D eigenvalue weighted by molar-refractivity contribution is 7.88. The van der Waals surface area contributed by atoms with Gasteiger partial charge in [0.05, 0.1) is 31.1 Å². The number of methoxy groups -OCH3 is 3. The number of carbonyl (C=O) groups excluding carboxylic acids is 1. The highest BCUT2D eigenvalue weighted by atomic mass is 32.2. The summed E-state index contributed by atoms with van der Waals surface area (Å²) in [6.45, 7) is 2.86. The van der Waals surface area contributed by atoms with E-state index in [1.54, 1.807) is 21.3 Å². The number of aromatic nitrogens is 1. The average Bonchev–Trinajstić information content (AvgIpc) is 2.87. The Hall–Kier alpha value is -2.47. The maximum absolute atomic E-state index is 13.5. The van der Waals surface area contributed by atoms with E-state index in [4.69, 9.17) is 19.2 Å². The van der Waals surface area contributed by atoms with Crippen LogP contribution in [0.3, 0.4) is 0 Å². The molecular weight excluding hydrogens is 496 g/mol. The second-order valence-electron chi connectivity index (χ2n) is 9.98. The predicted molar refractivity (Wildman–Crippen MR) is 142 cm³/mol. The van der Waals surface area contributed by atoms with Gasteiger partial charge in [-0.3, -0.25) is 4.79 Å². The Bertz CT molecular complexity index is 1220. The van der Waals surface area contributed by atoms with Crippen LogP contribution in [-0.4, -0.2) is 78.2 Å². The van der Waals surface area contributed by atoms with E-state index in [0.717, 1.165) is 34.3 Å². The lowest BCUT2D eigenvalue weighted by atomic mass is 9.63. The van der Waals surface area contributed by atoms with Crippen molar-refractivity contribution in [3.05, 3.63) is 29.8 Å². The molecule has 11 heteroatoms. The molecule has 204 valence electrons. The lowest BCUT2D eigenvalue weighted by molar-refractivity contribution is -0.144. The van der Waals surface area contributed by atoms with Crippen LogP contribution in [0.15, 0.2) is 24.3 Å². The molecule has 0 radical (unpaired) electrons. The molecule has 1 aliphatic heterocycles. The van der Waals surface area contributed by atoms with Gasteiger partial charge < -0.3 is 24.8 Å². The zero-order valence-corrected chi connectivity index (χ0v) is 22.9. The maximum Gasteiger partial charge on any atom is 0.224 e. The van der Waals surface area contributed by atoms with Crippen molar-refractivity contribution in [2.45, 2.75) is 44.4 Å². The van der Waals surface area contributed by atoms with E-state index in [1.165, 1.54) is 0 Å². The van der Waals surface area contributed by atoms with Crippen LogP contribution >= 0.6 is 0 Å². The molecular formula is C26H38N4O6S. The molecule has 1 amide bonds. The number of piperidine rings is 1. The molecule has 1 saturated carbocycles. The number of nitrogens with zero attached hydrogens (tertiary/aromatic N) is 1. The highest BCUT2D eigenvalue weighted by Crippen LogP contribution is 2.44. The van der Waals surface area contributed by atoms with E-state index >= 15 is 0 Å². The predicted octanol–water partition coefficient (Wildman–Crippen LogP) is 1.94. The minimum Gasteiger partial charge on any atom is -0.497 e. The van der Waals surface area contributed by atoms with E-state index in [2.05, 4.69) is 21.4 Å². The van der Waals surface area contributed by atoms with E-state index in [0.29, 0.717) is 25.8 Å². The SMILES string of the molecule is CCNc1nc2ccc(OC)cc2cc1CC1C(=O)NC(CNS(C)(=O)=O)C2CC(OC)C(OC)CC12. The molecule has 2 heterocycles. The first-order valence-corrected chi connectivity index (χ1v) is 14.6. The normalized spacial score (nSPS) is 28.0. The quantitative estimate of drug-likeness (QED) is 0.422. The summed E-state index contributed by atoms with van der Waals surface area (Å²) in [4.78, 5) is 18.4. The molecule has 1 aromatic carbocycles. The van der Waals surface area contributed by atoms with E-state index < -0.39 is 10.0 Å². The zero-order chi connectivity index (χ0) is 26.7. The Balaban J connectivity index is 1.69. The molecule has 6 unspecified atom stereocenters. The van der Waals surface area contributed by atoms with Gasteiger partial charge in [0.2, 0.25) is 15.9 Å². The van der Waals surface area contributed by atoms with E-state index in [1.807, 2.05) is 25.1 Å². The fraction of sp³-hybridized carbons (Fsp3) is 0.615. The standard InChI is InChI=1S/C26H38N4O6S/c1-6-27-25-16(9-15-10-17(34-2)7-8-21(15)29-25)11-20-18-12-23(35-3)24(36-4)13-19(18)22(30-26(20)31)14-28-37(5,32)33/h7-10,18-20,22-24,28H,6,11-14H2,1-5H3,(H,27,29)(H,30,31). The van der Waals surface area contributed by atoms with Gasteiger partial charge >= 0.3 is 0 Å². The molecule has 37 heavy (non-hydrogen) atoms. The summed E-state index contributed by atoms with van der Waals surface area (Å²) in [5.74, 6) is 1.13. The molecule has 2 fully saturated rings. The van der Waals surface area contributed by atoms with Crippen LogP contribution in [0.25, 0.3) is 10.9 Å². The zero-order valence-electron chi connectivity index (χ0n) is 22.1. The van der Waals surface area contributed by atoms with Gasteiger partial charge in [-0.05, 0) is 67.9 Å². The third-order valence-electron chi connectivity index (χ3n) is 7.73. The number of anilines is 1. The first kappa shape index (κ1) is 27.6. The monoisotopic (exact) mass is 534 g/mol. The number of nitrogens with one attached hydrogen (secondary N) is 3. The van der Waals surface area contributed by atoms with Crippen molar-refractivity contribution in [1.29, 1.82) is 0 Å². The number of hydrogen-bond acceptors (Lipinski definition) is 8. The molecule has 2 aliphatic rings. The summed E-state index contributed by atoms with van der Waals surface area (Å²) < 4.78 is 43.1. The topological polar surface area (TPSA) is 128 Å². The van der Waals surface area contributed by atoms with Crippen molar-refractivity contribution in [3.63, 3.8) is 0 Å². The summed E-state index contributed by atoms with van der Waals surface area (Å²) in [7, 11) is 1.57. The van der Waals surface area contributed by atoms with Crippen LogP contribution in [0.4, 0.5) is 5.82 Å². The second kappa shape index (κ2) is 11.5. The Morgan fingerprint density at radius 3 is 2.41 bits per heavy atom. The number of ether oxygens (including phenoxy) is 3. The lowest BCUT2D eigenvalue weighted by Crippen LogP contribution is -2.62. The van der Waals surface area contributed by atoms with Crippen LogP contribution in [0.1, 0.15) is 25.3 Å². The van der Waals surface area contributed by atoms with Crippen molar-refractivity contribution >= 4 is 32.7 Å². The van der Waals surface area contributed by atoms with E-state index in [9.17, 15) is 13.2 Å². The lowest BCUT2D eigenvalue weighted by Gasteiger charge is -2.49. The number of sulfonamides is 1. The summed E-state index contributed by atoms with van der Waals surface area (Å²) in [5, 5.41) is 7.42. The molecule has 1 aromatic heterocycles. The smallest absolute Gasteiger partial charge is 0.224 e. The molecule has 4 rings (SSSR count). The third-order valence-corrected chi connectivity index (χ3v) is 8.42. The summed E-state index contributed by atoms with van der Waals surface area (Å²) in [6, 6.07) is 7.51. The number of amides is 1. The molecule has 6 atom stereocenters. The third kappa shape index (κ3) is 6.17. The number of hydrogen-bond donors (Lipinski definition) is 3. The molecule has 0 bridgehead atoms. The fourth-order valence-corrected chi connectivity index (χ4v) is 6.41. The van der Waals surface area contributed by atoms with Crippen LogP contribution in [0.5, 0.6) is 5.75 Å². The van der Waals surface area contributed by atoms with Crippen molar-refractivity contribution in [2.24, 2.45) is 17.8 Å². The number of benzene rings is 1. The second-order valence-corrected chi connectivity index (χ2v) is 11.8. The number of rotatable bonds is 10. The molecule has 10 nitrogen and oxygen atoms in total. The van der Waals surface area contributed by atoms with Crippen LogP contribution in [0, 0.1) is 17.8 Å². The Morgan fingerprint density at radius 1 is 1.08 bits per heavy atom. The number of fused-ring (bicyclic) bond motifs is 2. The fourth-order valence-electron chi connectivity index (χ4n) is 5.93. The number of pyridine rings is 1. The summed E-state index contributed by atoms with van der Waals surface area (Å²) >= 11 is 0. The minimum atomic E-state index is -3.40. The van der Waals surface area contributed by atoms with Gasteiger partial charge in [-0.1, -0.05) is 0 Å². The Morgan fingerprint density at radius 2 is 1.78 bits per heavy atom. The maximum atomic E-state index is 13.5. The van der Waals surface area contributed by atoms with Crippen molar-refractivity contribution in [2.75, 3.05) is 46.0 Å². The highest BCUT2D eigenvalue weighted by Gasteiger charge is 2.50. The van der Waals surface area contributed by atoms with Gasteiger partial charge in [-0.25, -0.2) is 18.1 Å². The molecule has 0 spiro atoms. The first-order valence-electron chi connectivity index (χ1n) is 12.7. The van der Waals surface area contributed by atoms with Gasteiger partial charge in [0.15, 0.2) is 0 Å². The van der Waals surface area contributed by atoms with Gasteiger partial charge in [0.25, 0.3) is 0 Å². The van der Waals surface area contributed by atoms with Crippen LogP contribution < -0.4 is 20.1 Å². The van der Waals surface area contributed by atoms with Gasteiger partial charge in [-0.2, -0.15) is 0 Å². The molecule has 3 N–H and O–H groups in total. The van der Waals surface area contributed by atoms with Gasteiger partial charge in [0, 0.05) is 44.7 Å². The summed E-state index contributed by atoms with van der Waals surface area (Å²) in [6.07, 6.45) is 2.67. The van der Waals surface area contributed by atoms with Crippen molar-refractivity contribution in [3.8, 4) is 5.75 Å². The Labute approximate surface area is 218 Å². The summed E-state index contributed by atoms with van der Waals surface area (Å²) in [5.41, 5.74) is 1.80. The molecule has 2 aromatic rings. The Kier molecular flexibility index (Phi) is 8.57.